The largest absolute Gasteiger partial charge is 0.321 e. The second kappa shape index (κ2) is 8.37. The molecule has 5 nitrogen and oxygen atoms in total. The Bertz CT molecular complexity index is 1410. The van der Waals surface area contributed by atoms with Crippen LogP contribution < -0.4 is 9.62 Å². The van der Waals surface area contributed by atoms with Gasteiger partial charge in [0.25, 0.3) is 15.9 Å². The Hall–Kier alpha value is -3.23. The second-order valence-corrected chi connectivity index (χ2v) is 10.6. The van der Waals surface area contributed by atoms with Crippen molar-refractivity contribution in [3.05, 3.63) is 88.6 Å². The summed E-state index contributed by atoms with van der Waals surface area (Å²) >= 11 is 1.34. The number of sulfonamides is 1. The molecule has 1 aromatic heterocycles. The lowest BCUT2D eigenvalue weighted by Gasteiger charge is -2.19. The quantitative estimate of drug-likeness (QED) is 0.406. The van der Waals surface area contributed by atoms with Crippen LogP contribution in [0.4, 0.5) is 15.8 Å². The molecule has 0 aliphatic heterocycles. The van der Waals surface area contributed by atoms with Gasteiger partial charge in [-0.15, -0.1) is 11.3 Å². The summed E-state index contributed by atoms with van der Waals surface area (Å²) in [6.45, 7) is 3.94. The average molecular weight is 469 g/mol. The lowest BCUT2D eigenvalue weighted by Crippen LogP contribution is -2.26. The first-order valence-corrected chi connectivity index (χ1v) is 12.1. The number of rotatable bonds is 5. The lowest BCUT2D eigenvalue weighted by atomic mass is 10.1. The maximum Gasteiger partial charge on any atom is 0.265 e. The van der Waals surface area contributed by atoms with Crippen molar-refractivity contribution in [2.24, 2.45) is 0 Å². The van der Waals surface area contributed by atoms with Gasteiger partial charge in [-0.25, -0.2) is 12.8 Å². The van der Waals surface area contributed by atoms with Gasteiger partial charge in [0.15, 0.2) is 0 Å². The number of amides is 1. The first kappa shape index (κ1) is 22.0. The summed E-state index contributed by atoms with van der Waals surface area (Å²) in [4.78, 5) is 13.3. The molecule has 0 fully saturated rings. The molecule has 8 heteroatoms. The number of anilines is 2. The fourth-order valence-electron chi connectivity index (χ4n) is 3.48. The maximum atomic E-state index is 13.2. The molecule has 1 heterocycles. The molecule has 0 atom stereocenters. The third-order valence-corrected chi connectivity index (χ3v) is 7.95. The number of carbonyl (C=O) groups is 1. The van der Waals surface area contributed by atoms with Crippen molar-refractivity contribution in [2.45, 2.75) is 18.7 Å². The van der Waals surface area contributed by atoms with Crippen molar-refractivity contribution in [3.8, 4) is 0 Å². The Kier molecular flexibility index (Phi) is 5.75. The number of benzene rings is 3. The summed E-state index contributed by atoms with van der Waals surface area (Å²) in [5.74, 6) is -0.719. The number of hydrogen-bond acceptors (Lipinski definition) is 4. The van der Waals surface area contributed by atoms with Gasteiger partial charge in [-0.3, -0.25) is 9.10 Å². The number of nitrogens with zero attached hydrogens (tertiary/aromatic N) is 1. The van der Waals surface area contributed by atoms with E-state index in [-0.39, 0.29) is 10.8 Å². The van der Waals surface area contributed by atoms with Crippen LogP contribution in [0.3, 0.4) is 0 Å². The molecule has 4 rings (SSSR count). The van der Waals surface area contributed by atoms with E-state index in [1.807, 2.05) is 32.0 Å². The van der Waals surface area contributed by atoms with Gasteiger partial charge < -0.3 is 5.32 Å². The topological polar surface area (TPSA) is 66.5 Å². The second-order valence-electron chi connectivity index (χ2n) is 7.59. The van der Waals surface area contributed by atoms with E-state index in [2.05, 4.69) is 5.32 Å². The van der Waals surface area contributed by atoms with Gasteiger partial charge in [-0.1, -0.05) is 6.07 Å². The molecule has 1 amide bonds. The Morgan fingerprint density at radius 1 is 0.938 bits per heavy atom. The third-order valence-electron chi connectivity index (χ3n) is 5.04. The highest BCUT2D eigenvalue weighted by Gasteiger charge is 2.22. The predicted octanol–water partition coefficient (Wildman–Crippen LogP) is 5.73. The molecule has 164 valence electrons. The van der Waals surface area contributed by atoms with Crippen molar-refractivity contribution in [3.63, 3.8) is 0 Å². The van der Waals surface area contributed by atoms with Crippen molar-refractivity contribution in [1.82, 2.24) is 0 Å². The zero-order valence-corrected chi connectivity index (χ0v) is 19.4. The highest BCUT2D eigenvalue weighted by molar-refractivity contribution is 7.92. The molecule has 32 heavy (non-hydrogen) atoms. The van der Waals surface area contributed by atoms with Crippen molar-refractivity contribution < 1.29 is 17.6 Å². The smallest absolute Gasteiger partial charge is 0.265 e. The predicted molar refractivity (Wildman–Crippen MR) is 128 cm³/mol. The monoisotopic (exact) mass is 468 g/mol. The average Bonchev–Trinajstić information content (AvgIpc) is 3.16. The molecule has 0 radical (unpaired) electrons. The molecule has 3 aromatic carbocycles. The summed E-state index contributed by atoms with van der Waals surface area (Å²) in [7, 11) is -2.40. The molecule has 0 saturated heterocycles. The van der Waals surface area contributed by atoms with Gasteiger partial charge in [0.05, 0.1) is 15.5 Å². The molecule has 1 N–H and O–H groups in total. The van der Waals surface area contributed by atoms with Crippen LogP contribution in [-0.4, -0.2) is 21.4 Å². The standard InChI is InChI=1S/C24H21FN2O3S2/c1-15-10-16(2)12-19(11-15)26-24(28)23-14-17-13-20(6-9-22(17)31-23)27(3)32(29,30)21-7-4-18(25)5-8-21/h4-14H,1-3H3,(H,26,28). The highest BCUT2D eigenvalue weighted by Crippen LogP contribution is 2.31. The number of hydrogen-bond donors (Lipinski definition) is 1. The fraction of sp³-hybridized carbons (Fsp3) is 0.125. The van der Waals surface area contributed by atoms with E-state index in [9.17, 15) is 17.6 Å². The van der Waals surface area contributed by atoms with Gasteiger partial charge in [0.2, 0.25) is 0 Å². The van der Waals surface area contributed by atoms with Gasteiger partial charge in [-0.05, 0) is 91.0 Å². The van der Waals surface area contributed by atoms with Crippen LogP contribution in [0.15, 0.2) is 71.6 Å². The molecule has 0 aliphatic rings. The third kappa shape index (κ3) is 4.37. The number of aryl methyl sites for hydroxylation is 2. The maximum absolute atomic E-state index is 13.2. The van der Waals surface area contributed by atoms with Crippen LogP contribution in [-0.2, 0) is 10.0 Å². The van der Waals surface area contributed by atoms with Crippen LogP contribution in [0.2, 0.25) is 0 Å². The summed E-state index contributed by atoms with van der Waals surface area (Å²) in [5.41, 5.74) is 3.30. The molecular weight excluding hydrogens is 447 g/mol. The Labute approximate surface area is 190 Å². The van der Waals surface area contributed by atoms with E-state index in [0.29, 0.717) is 10.6 Å². The lowest BCUT2D eigenvalue weighted by molar-refractivity contribution is 0.103. The minimum Gasteiger partial charge on any atom is -0.321 e. The van der Waals surface area contributed by atoms with Crippen molar-refractivity contribution in [2.75, 3.05) is 16.7 Å². The van der Waals surface area contributed by atoms with E-state index in [1.54, 1.807) is 24.3 Å². The van der Waals surface area contributed by atoms with Gasteiger partial charge >= 0.3 is 0 Å². The van der Waals surface area contributed by atoms with Crippen LogP contribution in [0, 0.1) is 19.7 Å². The van der Waals surface area contributed by atoms with Gasteiger partial charge in [0, 0.05) is 17.4 Å². The minimum absolute atomic E-state index is 0.000306. The van der Waals surface area contributed by atoms with E-state index >= 15 is 0 Å². The van der Waals surface area contributed by atoms with E-state index in [1.165, 1.54) is 30.5 Å². The summed E-state index contributed by atoms with van der Waals surface area (Å²) in [6.07, 6.45) is 0. The van der Waals surface area contributed by atoms with E-state index in [4.69, 9.17) is 0 Å². The minimum atomic E-state index is -3.85. The Morgan fingerprint density at radius 2 is 1.59 bits per heavy atom. The molecule has 0 saturated carbocycles. The number of nitrogens with one attached hydrogen (secondary N) is 1. The molecule has 0 aliphatic carbocycles. The number of carbonyl (C=O) groups excluding carboxylic acids is 1. The first-order chi connectivity index (χ1) is 15.1. The Balaban J connectivity index is 1.61. The highest BCUT2D eigenvalue weighted by atomic mass is 32.2. The van der Waals surface area contributed by atoms with E-state index < -0.39 is 15.8 Å². The Morgan fingerprint density at radius 3 is 2.25 bits per heavy atom. The first-order valence-electron chi connectivity index (χ1n) is 9.81. The summed E-state index contributed by atoms with van der Waals surface area (Å²) in [5, 5.41) is 3.69. The molecule has 0 spiro atoms. The van der Waals surface area contributed by atoms with Crippen LogP contribution in [0.1, 0.15) is 20.8 Å². The van der Waals surface area contributed by atoms with Crippen molar-refractivity contribution >= 4 is 48.7 Å². The van der Waals surface area contributed by atoms with Crippen LogP contribution in [0.5, 0.6) is 0 Å². The van der Waals surface area contributed by atoms with Crippen LogP contribution in [0.25, 0.3) is 10.1 Å². The molecule has 0 bridgehead atoms. The van der Waals surface area contributed by atoms with Gasteiger partial charge in [-0.2, -0.15) is 0 Å². The SMILES string of the molecule is Cc1cc(C)cc(NC(=O)c2cc3cc(N(C)S(=O)(=O)c4ccc(F)cc4)ccc3s2)c1. The summed E-state index contributed by atoms with van der Waals surface area (Å²) < 4.78 is 41.0. The molecular formula is C24H21FN2O3S2. The fourth-order valence-corrected chi connectivity index (χ4v) is 5.61. The normalized spacial score (nSPS) is 11.5. The number of halogens is 1. The van der Waals surface area contributed by atoms with Crippen molar-refractivity contribution in [1.29, 1.82) is 0 Å². The zero-order valence-electron chi connectivity index (χ0n) is 17.7. The van der Waals surface area contributed by atoms with E-state index in [0.717, 1.165) is 43.3 Å². The number of fused-ring (bicyclic) bond motifs is 1. The number of thiophene rings is 1. The molecule has 0 unspecified atom stereocenters. The molecule has 4 aromatic rings. The van der Waals surface area contributed by atoms with Gasteiger partial charge in [0.1, 0.15) is 5.82 Å². The summed E-state index contributed by atoms with van der Waals surface area (Å²) in [6, 6.07) is 17.5. The van der Waals surface area contributed by atoms with Crippen LogP contribution >= 0.6 is 11.3 Å². The zero-order chi connectivity index (χ0) is 23.0.